The molecule has 0 spiro atoms. The number of hydrogen-bond donors (Lipinski definition) is 0. The highest BCUT2D eigenvalue weighted by Gasteiger charge is 2.49. The van der Waals surface area contributed by atoms with E-state index in [1.165, 1.54) is 23.9 Å². The molecule has 12 nitrogen and oxygen atoms in total. The third kappa shape index (κ3) is 9.96. The number of rotatable bonds is 8. The lowest BCUT2D eigenvalue weighted by Crippen LogP contribution is -2.51. The maximum atomic E-state index is 14.0. The van der Waals surface area contributed by atoms with Gasteiger partial charge in [0.25, 0.3) is 0 Å². The molecule has 4 aromatic carbocycles. The summed E-state index contributed by atoms with van der Waals surface area (Å²) in [6.07, 6.45) is 11.2. The van der Waals surface area contributed by atoms with E-state index in [1.807, 2.05) is 135 Å². The molecular weight excluding hydrogens is 1030 g/mol. The van der Waals surface area contributed by atoms with Crippen LogP contribution in [-0.4, -0.2) is 114 Å². The summed E-state index contributed by atoms with van der Waals surface area (Å²) < 4.78 is 15.4. The highest BCUT2D eigenvalue weighted by molar-refractivity contribution is 7.99. The number of carbonyl (C=O) groups excluding carboxylic acids is 4. The first-order chi connectivity index (χ1) is 34.5. The van der Waals surface area contributed by atoms with E-state index in [9.17, 15) is 19.2 Å². The zero-order valence-electron chi connectivity index (χ0n) is 41.8. The maximum absolute atomic E-state index is 14.0. The molecule has 0 N–H and O–H groups in total. The van der Waals surface area contributed by atoms with Gasteiger partial charge in [0.15, 0.2) is 0 Å². The van der Waals surface area contributed by atoms with Crippen LogP contribution in [0.4, 0.5) is 9.59 Å². The molecule has 73 heavy (non-hydrogen) atoms. The predicted molar refractivity (Wildman–Crippen MR) is 293 cm³/mol. The van der Waals surface area contributed by atoms with E-state index in [4.69, 9.17) is 55.9 Å². The molecule has 4 atom stereocenters. The van der Waals surface area contributed by atoms with Crippen LogP contribution >= 0.6 is 58.2 Å². The Morgan fingerprint density at radius 1 is 0.534 bits per heavy atom. The Morgan fingerprint density at radius 2 is 0.904 bits per heavy atom. The van der Waals surface area contributed by atoms with Crippen LogP contribution in [0.15, 0.2) is 95.0 Å². The molecule has 6 heterocycles. The molecule has 4 aliphatic rings. The summed E-state index contributed by atoms with van der Waals surface area (Å²) in [6.45, 7) is 12.7. The third-order valence-corrected chi connectivity index (χ3v) is 17.2. The number of hydrogen-bond acceptors (Lipinski definition) is 7. The number of aryl methyl sites for hydroxylation is 2. The zero-order chi connectivity index (χ0) is 52.0. The fourth-order valence-electron chi connectivity index (χ4n) is 10.7. The maximum Gasteiger partial charge on any atom is 0.410 e. The van der Waals surface area contributed by atoms with Gasteiger partial charge in [0.1, 0.15) is 11.2 Å². The fourth-order valence-corrected chi connectivity index (χ4v) is 12.8. The van der Waals surface area contributed by atoms with Crippen LogP contribution in [0, 0.1) is 0 Å². The van der Waals surface area contributed by atoms with Crippen molar-refractivity contribution in [2.75, 3.05) is 26.2 Å². The summed E-state index contributed by atoms with van der Waals surface area (Å²) in [5.74, 6) is -0.384. The highest BCUT2D eigenvalue weighted by Crippen LogP contribution is 2.49. The number of ether oxygens (including phenoxy) is 2. The van der Waals surface area contributed by atoms with Gasteiger partial charge < -0.3 is 38.2 Å². The van der Waals surface area contributed by atoms with Gasteiger partial charge in [-0.2, -0.15) is 0 Å². The molecule has 380 valence electrons. The van der Waals surface area contributed by atoms with Crippen LogP contribution in [-0.2, 0) is 33.2 Å². The number of carbonyl (C=O) groups is 4. The lowest BCUT2D eigenvalue weighted by molar-refractivity contribution is -0.128. The Balaban J connectivity index is 0.979. The Hall–Kier alpha value is -5.57. The largest absolute Gasteiger partial charge is 0.444 e. The summed E-state index contributed by atoms with van der Waals surface area (Å²) in [5, 5.41) is 3.05. The van der Waals surface area contributed by atoms with Gasteiger partial charge in [-0.15, -0.1) is 0 Å². The van der Waals surface area contributed by atoms with E-state index >= 15 is 0 Å². The van der Waals surface area contributed by atoms with Gasteiger partial charge >= 0.3 is 12.2 Å². The number of benzene rings is 4. The summed E-state index contributed by atoms with van der Waals surface area (Å²) in [4.78, 5) is 62.1. The molecule has 0 unspecified atom stereocenters. The molecule has 4 aliphatic heterocycles. The van der Waals surface area contributed by atoms with Crippen molar-refractivity contribution >= 4 is 116 Å². The first kappa shape index (κ1) is 50.9. The molecular formula is C56H56Cl4N6O6S. The molecule has 0 aliphatic carbocycles. The van der Waals surface area contributed by atoms with Gasteiger partial charge in [0.05, 0.1) is 44.3 Å². The van der Waals surface area contributed by atoms with E-state index in [-0.39, 0.29) is 68.3 Å². The van der Waals surface area contributed by atoms with Crippen LogP contribution in [0.3, 0.4) is 0 Å². The quantitative estimate of drug-likeness (QED) is 0.140. The van der Waals surface area contributed by atoms with Crippen LogP contribution in [0.25, 0.3) is 56.2 Å². The molecule has 2 aromatic heterocycles. The Bertz CT molecular complexity index is 3120. The Labute approximate surface area is 449 Å². The molecule has 4 amide bonds. The summed E-state index contributed by atoms with van der Waals surface area (Å²) >= 11 is 30.5. The first-order valence-electron chi connectivity index (χ1n) is 24.3. The fraction of sp³-hybridized carbons (Fsp3) is 0.357. The molecule has 4 fully saturated rings. The van der Waals surface area contributed by atoms with Crippen molar-refractivity contribution in [2.45, 2.75) is 99.5 Å². The minimum Gasteiger partial charge on any atom is -0.444 e. The number of nitrogens with zero attached hydrogens (tertiary/aromatic N) is 6. The second-order valence-electron chi connectivity index (χ2n) is 21.4. The van der Waals surface area contributed by atoms with E-state index in [2.05, 4.69) is 12.1 Å². The van der Waals surface area contributed by atoms with Gasteiger partial charge in [-0.1, -0.05) is 70.3 Å². The summed E-state index contributed by atoms with van der Waals surface area (Å²) in [5.41, 5.74) is 5.18. The van der Waals surface area contributed by atoms with Crippen molar-refractivity contribution in [1.29, 1.82) is 0 Å². The summed E-state index contributed by atoms with van der Waals surface area (Å²) in [6, 6.07) is 19.8. The number of aromatic nitrogens is 2. The van der Waals surface area contributed by atoms with Gasteiger partial charge in [-0.3, -0.25) is 9.59 Å². The van der Waals surface area contributed by atoms with Crippen molar-refractivity contribution in [3.8, 4) is 22.3 Å². The molecule has 17 heteroatoms. The van der Waals surface area contributed by atoms with Crippen molar-refractivity contribution in [2.24, 2.45) is 14.1 Å². The topological polar surface area (TPSA) is 110 Å². The van der Waals surface area contributed by atoms with Crippen LogP contribution in [0.1, 0.15) is 65.5 Å². The minimum absolute atomic E-state index is 0.125. The van der Waals surface area contributed by atoms with E-state index < -0.39 is 11.2 Å². The molecule has 4 bridgehead atoms. The third-order valence-electron chi connectivity index (χ3n) is 14.1. The SMILES string of the molecule is Cn1ccc2cc(-c3cc(Sc4cc(-c5ccc6c(ccn6C)c5)c(/C=C/C(=O)N5C[C@@H]6C[C@H]5CN6C(=O)OC(C)(C)C)c(Cl)c4Cl)c(Cl)c(Cl)c3/C=C/C(=O)N3C[C@@H]4C[C@H]3CN4C(=O)OC(C)(C)C)ccc21. The average molecular weight is 1080 g/mol. The second-order valence-corrected chi connectivity index (χ2v) is 24.0. The van der Waals surface area contributed by atoms with Crippen LogP contribution < -0.4 is 0 Å². The van der Waals surface area contributed by atoms with Gasteiger partial charge in [0, 0.05) is 108 Å². The van der Waals surface area contributed by atoms with Gasteiger partial charge in [0.2, 0.25) is 11.8 Å². The van der Waals surface area contributed by atoms with Crippen molar-refractivity contribution in [1.82, 2.24) is 28.7 Å². The van der Waals surface area contributed by atoms with Crippen molar-refractivity contribution in [3.63, 3.8) is 0 Å². The monoisotopic (exact) mass is 1080 g/mol. The summed E-state index contributed by atoms with van der Waals surface area (Å²) in [7, 11) is 3.99. The Morgan fingerprint density at radius 3 is 1.26 bits per heavy atom. The van der Waals surface area contributed by atoms with Crippen LogP contribution in [0.5, 0.6) is 0 Å². The minimum atomic E-state index is -0.619. The van der Waals surface area contributed by atoms with E-state index in [1.54, 1.807) is 22.0 Å². The van der Waals surface area contributed by atoms with E-state index in [0.717, 1.165) is 44.1 Å². The van der Waals surface area contributed by atoms with Crippen molar-refractivity contribution in [3.05, 3.63) is 116 Å². The smallest absolute Gasteiger partial charge is 0.410 e. The standard InChI is InChI=1S/C56H56Cl4N6O6S/c1-55(2,3)71-53(69)65-29-35-23-37(65)27-63(35)47(67)15-11-39-41(31-9-13-43-33(21-31)17-19-61(43)7)25-45(51(59)49(39)57)73-46-26-42(32-10-14-44-34(22-32)18-20-62(44)8)40(50(58)52(46)60)12-16-48(68)64-28-38-24-36(64)30-66(38)54(70)72-56(4,5)6/h9-22,25-26,35-38H,23-24,27-30H2,1-8H3/b15-11+,16-12+/t35-,36-,37-,38-/m0/s1. The van der Waals surface area contributed by atoms with Gasteiger partial charge in [-0.25, -0.2) is 9.59 Å². The average Bonchev–Trinajstić information content (AvgIpc) is 4.22. The highest BCUT2D eigenvalue weighted by atomic mass is 35.5. The molecule has 10 rings (SSSR count). The molecule has 6 aromatic rings. The molecule has 0 radical (unpaired) electrons. The number of likely N-dealkylation sites (tertiary alicyclic amines) is 4. The number of piperazine rings is 2. The van der Waals surface area contributed by atoms with E-state index in [0.29, 0.717) is 59.9 Å². The molecule has 4 saturated heterocycles. The normalized spacial score (nSPS) is 19.8. The lowest BCUT2D eigenvalue weighted by atomic mass is 9.97. The number of halogens is 4. The first-order valence-corrected chi connectivity index (χ1v) is 26.6. The van der Waals surface area contributed by atoms with Gasteiger partial charge in [-0.05, 0) is 137 Å². The number of amides is 4. The molecule has 0 saturated carbocycles. The predicted octanol–water partition coefficient (Wildman–Crippen LogP) is 13.2. The van der Waals surface area contributed by atoms with Crippen molar-refractivity contribution < 1.29 is 28.7 Å². The Kier molecular flexibility index (Phi) is 13.5. The van der Waals surface area contributed by atoms with Crippen LogP contribution in [0.2, 0.25) is 20.1 Å². The zero-order valence-corrected chi connectivity index (χ0v) is 45.7. The second kappa shape index (κ2) is 19.3. The number of fused-ring (bicyclic) bond motifs is 6. The lowest BCUT2D eigenvalue weighted by Gasteiger charge is -2.34.